The third-order valence-electron chi connectivity index (χ3n) is 2.92. The Hall–Kier alpha value is -2.28. The van der Waals surface area contributed by atoms with Crippen molar-refractivity contribution in [2.45, 2.75) is 18.0 Å². The molecule has 0 spiro atoms. The first-order valence-corrected chi connectivity index (χ1v) is 6.36. The van der Waals surface area contributed by atoms with Crippen molar-refractivity contribution >= 4 is 11.9 Å². The van der Waals surface area contributed by atoms with E-state index in [1.54, 1.807) is 0 Å². The molecule has 0 bridgehead atoms. The van der Waals surface area contributed by atoms with E-state index in [1.165, 1.54) is 5.43 Å². The van der Waals surface area contributed by atoms with Crippen LogP contribution in [-0.2, 0) is 19.1 Å². The van der Waals surface area contributed by atoms with Crippen LogP contribution >= 0.6 is 0 Å². The highest BCUT2D eigenvalue weighted by atomic mass is 19.4. The first kappa shape index (κ1) is 20.8. The summed E-state index contributed by atoms with van der Waals surface area (Å²) in [5, 5.41) is 9.16. The number of amides is 1. The summed E-state index contributed by atoms with van der Waals surface area (Å²) in [7, 11) is 0. The molecule has 0 unspecified atom stereocenters. The van der Waals surface area contributed by atoms with Crippen molar-refractivity contribution < 1.29 is 50.5 Å². The van der Waals surface area contributed by atoms with E-state index in [2.05, 4.69) is 9.47 Å². The van der Waals surface area contributed by atoms with Gasteiger partial charge in [0.15, 0.2) is 12.2 Å². The number of aliphatic carboxylic acids is 1. The van der Waals surface area contributed by atoms with Crippen molar-refractivity contribution in [2.75, 3.05) is 13.2 Å². The molecule has 0 fully saturated rings. The zero-order valence-electron chi connectivity index (χ0n) is 12.1. The quantitative estimate of drug-likeness (QED) is 0.276. The van der Waals surface area contributed by atoms with Gasteiger partial charge in [0.1, 0.15) is 18.3 Å². The van der Waals surface area contributed by atoms with E-state index in [9.17, 15) is 35.9 Å². The van der Waals surface area contributed by atoms with Crippen LogP contribution < -0.4 is 11.3 Å². The lowest BCUT2D eigenvalue weighted by atomic mass is 9.82. The number of alkyl halides is 6. The maximum Gasteiger partial charge on any atom is 0.422 e. The molecule has 1 aliphatic rings. The van der Waals surface area contributed by atoms with Crippen molar-refractivity contribution in [2.24, 2.45) is 11.8 Å². The number of ether oxygens (including phenoxy) is 2. The number of hydrazine groups is 1. The Morgan fingerprint density at radius 1 is 1.20 bits per heavy atom. The van der Waals surface area contributed by atoms with Gasteiger partial charge in [-0.3, -0.25) is 15.0 Å². The van der Waals surface area contributed by atoms with E-state index in [1.807, 2.05) is 0 Å². The standard InChI is InChI=1S/C12H12F6N2O5/c13-11(14,15)4-24-6-1-2-10(9(23)20-19,7(3-6)8(21)22)25-5-12(16,17)18/h1-3,7H,4-5,19H2,(H,20,23)(H,21,22)/t7-,10+/m0/s1. The minimum atomic E-state index is -4.91. The number of nitrogens with one attached hydrogen (secondary N) is 1. The first-order chi connectivity index (χ1) is 11.3. The number of hydrogen-bond donors (Lipinski definition) is 3. The highest BCUT2D eigenvalue weighted by molar-refractivity contribution is 5.94. The van der Waals surface area contributed by atoms with Crippen LogP contribution in [0.2, 0.25) is 0 Å². The van der Waals surface area contributed by atoms with Crippen LogP contribution in [0.25, 0.3) is 0 Å². The molecule has 1 aliphatic carbocycles. The Kier molecular flexibility index (Phi) is 6.07. The van der Waals surface area contributed by atoms with Gasteiger partial charge in [0.25, 0.3) is 5.91 Å². The number of nitrogens with two attached hydrogens (primary N) is 1. The van der Waals surface area contributed by atoms with Crippen LogP contribution in [0.15, 0.2) is 24.0 Å². The molecule has 2 atom stereocenters. The predicted octanol–water partition coefficient (Wildman–Crippen LogP) is 1.03. The molecule has 1 amide bonds. The second kappa shape index (κ2) is 7.31. The molecule has 0 aromatic rings. The topological polar surface area (TPSA) is 111 Å². The number of carbonyl (C=O) groups excluding carboxylic acids is 1. The number of halogens is 6. The van der Waals surface area contributed by atoms with Crippen molar-refractivity contribution in [1.82, 2.24) is 5.43 Å². The van der Waals surface area contributed by atoms with Crippen LogP contribution in [0.5, 0.6) is 0 Å². The van der Waals surface area contributed by atoms with Crippen molar-refractivity contribution in [3.8, 4) is 0 Å². The molecular formula is C12H12F6N2O5. The van der Waals surface area contributed by atoms with E-state index in [0.29, 0.717) is 18.2 Å². The van der Waals surface area contributed by atoms with Crippen LogP contribution in [-0.4, -0.2) is 48.2 Å². The fraction of sp³-hybridized carbons (Fsp3) is 0.500. The number of hydrogen-bond acceptors (Lipinski definition) is 5. The van der Waals surface area contributed by atoms with Crippen LogP contribution in [0.4, 0.5) is 26.3 Å². The van der Waals surface area contributed by atoms with Gasteiger partial charge in [0.2, 0.25) is 0 Å². The normalized spacial score (nSPS) is 23.8. The van der Waals surface area contributed by atoms with Gasteiger partial charge in [0.05, 0.1) is 0 Å². The van der Waals surface area contributed by atoms with Crippen LogP contribution in [0, 0.1) is 5.92 Å². The van der Waals surface area contributed by atoms with Crippen LogP contribution in [0.1, 0.15) is 0 Å². The second-order valence-corrected chi connectivity index (χ2v) is 4.79. The Bertz CT molecular complexity index is 586. The lowest BCUT2D eigenvalue weighted by Crippen LogP contribution is -2.57. The van der Waals surface area contributed by atoms with Gasteiger partial charge in [0, 0.05) is 0 Å². The molecule has 25 heavy (non-hydrogen) atoms. The van der Waals surface area contributed by atoms with Gasteiger partial charge >= 0.3 is 18.3 Å². The largest absolute Gasteiger partial charge is 0.484 e. The SMILES string of the molecule is NNC(=O)[C@@]1(OCC(F)(F)F)C=CC(OCC(F)(F)F)=C[C@H]1C(=O)O. The van der Waals surface area contributed by atoms with E-state index in [0.717, 1.165) is 0 Å². The molecular weight excluding hydrogens is 366 g/mol. The summed E-state index contributed by atoms with van der Waals surface area (Å²) in [6, 6.07) is 0. The maximum absolute atomic E-state index is 12.4. The summed E-state index contributed by atoms with van der Waals surface area (Å²) < 4.78 is 82.3. The van der Waals surface area contributed by atoms with E-state index in [4.69, 9.17) is 10.9 Å². The molecule has 0 heterocycles. The number of carboxylic acids is 1. The average Bonchev–Trinajstić information content (AvgIpc) is 2.48. The zero-order valence-corrected chi connectivity index (χ0v) is 12.1. The number of carbonyl (C=O) groups is 2. The molecule has 0 aromatic heterocycles. The summed E-state index contributed by atoms with van der Waals surface area (Å²) in [5.74, 6) is -1.16. The minimum Gasteiger partial charge on any atom is -0.484 e. The van der Waals surface area contributed by atoms with Crippen molar-refractivity contribution in [3.63, 3.8) is 0 Å². The minimum absolute atomic E-state index is 0.527. The van der Waals surface area contributed by atoms with Crippen molar-refractivity contribution in [3.05, 3.63) is 24.0 Å². The van der Waals surface area contributed by atoms with E-state index in [-0.39, 0.29) is 0 Å². The summed E-state index contributed by atoms with van der Waals surface area (Å²) >= 11 is 0. The Balaban J connectivity index is 3.16. The zero-order chi connectivity index (χ0) is 19.5. The van der Waals surface area contributed by atoms with Gasteiger partial charge in [-0.25, -0.2) is 5.84 Å². The molecule has 4 N–H and O–H groups in total. The number of allylic oxidation sites excluding steroid dienone is 1. The molecule has 13 heteroatoms. The predicted molar refractivity (Wildman–Crippen MR) is 67.4 cm³/mol. The van der Waals surface area contributed by atoms with Gasteiger partial charge < -0.3 is 14.6 Å². The molecule has 0 saturated carbocycles. The summed E-state index contributed by atoms with van der Waals surface area (Å²) in [5.41, 5.74) is -1.25. The Morgan fingerprint density at radius 3 is 2.20 bits per heavy atom. The highest BCUT2D eigenvalue weighted by Gasteiger charge is 2.51. The van der Waals surface area contributed by atoms with Gasteiger partial charge in [-0.1, -0.05) is 0 Å². The van der Waals surface area contributed by atoms with Gasteiger partial charge in [-0.2, -0.15) is 26.3 Å². The first-order valence-electron chi connectivity index (χ1n) is 6.36. The molecule has 0 aromatic carbocycles. The fourth-order valence-corrected chi connectivity index (χ4v) is 1.90. The summed E-state index contributed by atoms with van der Waals surface area (Å²) in [6.45, 7) is -3.77. The maximum atomic E-state index is 12.4. The van der Waals surface area contributed by atoms with Crippen LogP contribution in [0.3, 0.4) is 0 Å². The molecule has 0 radical (unpaired) electrons. The van der Waals surface area contributed by atoms with E-state index >= 15 is 0 Å². The van der Waals surface area contributed by atoms with Crippen molar-refractivity contribution in [1.29, 1.82) is 0 Å². The number of carboxylic acid groups (broad SMARTS) is 1. The lowest BCUT2D eigenvalue weighted by molar-refractivity contribution is -0.207. The summed E-state index contributed by atoms with van der Waals surface area (Å²) in [6.07, 6.45) is -7.87. The Labute approximate surface area is 136 Å². The molecule has 1 rings (SSSR count). The van der Waals surface area contributed by atoms with E-state index < -0.39 is 54.7 Å². The average molecular weight is 378 g/mol. The molecule has 7 nitrogen and oxygen atoms in total. The smallest absolute Gasteiger partial charge is 0.422 e. The number of rotatable bonds is 6. The summed E-state index contributed by atoms with van der Waals surface area (Å²) in [4.78, 5) is 23.2. The lowest BCUT2D eigenvalue weighted by Gasteiger charge is -2.35. The Morgan fingerprint density at radius 2 is 1.76 bits per heavy atom. The monoisotopic (exact) mass is 378 g/mol. The molecule has 0 aliphatic heterocycles. The molecule has 0 saturated heterocycles. The van der Waals surface area contributed by atoms with Gasteiger partial charge in [-0.05, 0) is 18.2 Å². The highest BCUT2D eigenvalue weighted by Crippen LogP contribution is 2.34. The molecule has 142 valence electrons. The fourth-order valence-electron chi connectivity index (χ4n) is 1.90. The third kappa shape index (κ3) is 5.63. The second-order valence-electron chi connectivity index (χ2n) is 4.79. The van der Waals surface area contributed by atoms with Gasteiger partial charge in [-0.15, -0.1) is 0 Å². The third-order valence-corrected chi connectivity index (χ3v) is 2.92.